The van der Waals surface area contributed by atoms with Crippen LogP contribution in [0.3, 0.4) is 0 Å². The second-order valence-electron chi connectivity index (χ2n) is 14.5. The van der Waals surface area contributed by atoms with E-state index in [4.69, 9.17) is 18.3 Å². The standard InChI is InChI=1S/C24H17N2S.2C14H9N2S.Ir/c1-15-7-5-8-16(2)22(15)24-20-14-18-10-4-3-9-17(18)13-19(20)23(25-26-24)21-11-6-12-27-21;2*1-9(17)14-13-7-11-5-3-2-4-10(11)6-12(13)8-15-16-14;/h3-10,12-14H,1-2H3;2*1-8,17H;/q3*-1;+3. The van der Waals surface area contributed by atoms with E-state index in [-0.39, 0.29) is 20.1 Å². The number of aromatic nitrogens is 6. The Morgan fingerprint density at radius 3 is 1.32 bits per heavy atom. The van der Waals surface area contributed by atoms with Crippen LogP contribution in [0.5, 0.6) is 0 Å². The molecule has 4 heterocycles. The minimum absolute atomic E-state index is 0. The summed E-state index contributed by atoms with van der Waals surface area (Å²) >= 11 is 9.95. The Balaban J connectivity index is 0.000000133. The van der Waals surface area contributed by atoms with E-state index in [1.54, 1.807) is 23.7 Å². The second-order valence-corrected chi connectivity index (χ2v) is 16.4. The van der Waals surface area contributed by atoms with Crippen LogP contribution in [0.15, 0.2) is 151 Å². The van der Waals surface area contributed by atoms with Crippen LogP contribution >= 0.6 is 36.6 Å². The molecule has 0 aliphatic carbocycles. The summed E-state index contributed by atoms with van der Waals surface area (Å²) in [6, 6.07) is 49.2. The van der Waals surface area contributed by atoms with Crippen molar-refractivity contribution in [3.05, 3.63) is 193 Å². The molecule has 300 valence electrons. The fourth-order valence-corrected chi connectivity index (χ4v) is 8.67. The zero-order valence-corrected chi connectivity index (χ0v) is 38.4. The molecule has 0 saturated carbocycles. The maximum atomic E-state index is 5.70. The molecule has 0 spiro atoms. The van der Waals surface area contributed by atoms with Gasteiger partial charge in [0.15, 0.2) is 0 Å². The first-order valence-corrected chi connectivity index (χ1v) is 21.1. The summed E-state index contributed by atoms with van der Waals surface area (Å²) in [5.41, 5.74) is 6.73. The number of aryl methyl sites for hydroxylation is 2. The van der Waals surface area contributed by atoms with Crippen molar-refractivity contribution < 1.29 is 20.1 Å². The molecule has 0 bridgehead atoms. The topological polar surface area (TPSA) is 77.3 Å². The Morgan fingerprint density at radius 2 is 0.903 bits per heavy atom. The molecule has 6 nitrogen and oxygen atoms in total. The van der Waals surface area contributed by atoms with Crippen molar-refractivity contribution in [2.45, 2.75) is 13.8 Å². The van der Waals surface area contributed by atoms with Crippen molar-refractivity contribution in [2.75, 3.05) is 0 Å². The van der Waals surface area contributed by atoms with Crippen molar-refractivity contribution in [1.29, 1.82) is 0 Å². The predicted octanol–water partition coefficient (Wildman–Crippen LogP) is 13.6. The van der Waals surface area contributed by atoms with Gasteiger partial charge in [-0.15, -0.1) is 15.2 Å². The third kappa shape index (κ3) is 8.53. The van der Waals surface area contributed by atoms with E-state index in [1.165, 1.54) is 38.2 Å². The van der Waals surface area contributed by atoms with Crippen LogP contribution in [0.1, 0.15) is 22.5 Å². The van der Waals surface area contributed by atoms with Crippen LogP contribution in [0.2, 0.25) is 0 Å². The molecule has 10 heteroatoms. The number of hydrogen-bond donors (Lipinski definition) is 2. The first kappa shape index (κ1) is 42.6. The molecule has 0 aliphatic heterocycles. The summed E-state index contributed by atoms with van der Waals surface area (Å²) in [5.74, 6) is 0. The summed E-state index contributed by atoms with van der Waals surface area (Å²) in [6.07, 6.45) is 3.48. The van der Waals surface area contributed by atoms with Crippen LogP contribution in [0, 0.1) is 33.1 Å². The molecule has 0 unspecified atom stereocenters. The Morgan fingerprint density at radius 1 is 0.500 bits per heavy atom. The van der Waals surface area contributed by atoms with Crippen LogP contribution < -0.4 is 0 Å². The number of benzene rings is 7. The molecule has 4 aromatic heterocycles. The second kappa shape index (κ2) is 18.5. The maximum absolute atomic E-state index is 5.70. The fraction of sp³-hybridized carbons (Fsp3) is 0.0385. The van der Waals surface area contributed by atoms with Crippen molar-refractivity contribution in [2.24, 2.45) is 0 Å². The minimum Gasteiger partial charge on any atom is -0.277 e. The van der Waals surface area contributed by atoms with Crippen LogP contribution in [-0.4, -0.2) is 30.6 Å². The summed E-state index contributed by atoms with van der Waals surface area (Å²) in [6.45, 7) is 15.7. The molecule has 0 radical (unpaired) electrons. The van der Waals surface area contributed by atoms with Crippen molar-refractivity contribution >= 4 is 111 Å². The van der Waals surface area contributed by atoms with Crippen LogP contribution in [-0.2, 0) is 20.1 Å². The normalized spacial score (nSPS) is 10.9. The quantitative estimate of drug-likeness (QED) is 0.104. The molecule has 0 amide bonds. The smallest absolute Gasteiger partial charge is 0.277 e. The molecule has 11 rings (SSSR count). The van der Waals surface area contributed by atoms with E-state index in [1.807, 2.05) is 35.7 Å². The first-order valence-electron chi connectivity index (χ1n) is 19.4. The SMILES string of the molecule is Cc1cccc(C)c1-c1nnc(-c2[c-]ccs2)c2cc3ccccc3cc12.[CH-]=C(S)c1nncc2cc3ccccc3cc12.[CH-]=C(S)c1nncc2cc3ccccc3cc12.[Ir+3]. The van der Waals surface area contributed by atoms with E-state index in [2.05, 4.69) is 174 Å². The molecule has 0 atom stereocenters. The number of thiophene rings is 1. The molecule has 11 aromatic rings. The number of nitrogens with zero attached hydrogens (tertiary/aromatic N) is 6. The Bertz CT molecular complexity index is 3330. The molecule has 0 N–H and O–H groups in total. The van der Waals surface area contributed by atoms with Crippen molar-refractivity contribution in [1.82, 2.24) is 30.6 Å². The molecule has 7 aromatic carbocycles. The average Bonchev–Trinajstić information content (AvgIpc) is 3.82. The summed E-state index contributed by atoms with van der Waals surface area (Å²) in [5, 5.41) is 40.7. The Kier molecular flexibility index (Phi) is 12.7. The maximum Gasteiger partial charge on any atom is 3.00 e. The van der Waals surface area contributed by atoms with Crippen LogP contribution in [0.25, 0.3) is 96.3 Å². The summed E-state index contributed by atoms with van der Waals surface area (Å²) in [4.78, 5) is 1.80. The van der Waals surface area contributed by atoms with Gasteiger partial charge in [-0.2, -0.15) is 52.7 Å². The molecular formula is C52H35IrN6S3. The van der Waals surface area contributed by atoms with E-state index in [0.717, 1.165) is 59.4 Å². The predicted molar refractivity (Wildman–Crippen MR) is 262 cm³/mol. The fourth-order valence-electron chi connectivity index (χ4n) is 7.67. The number of rotatable bonds is 4. The molecule has 62 heavy (non-hydrogen) atoms. The molecule has 0 saturated heterocycles. The van der Waals surface area contributed by atoms with Gasteiger partial charge in [0.25, 0.3) is 0 Å². The van der Waals surface area contributed by atoms with Gasteiger partial charge in [0.2, 0.25) is 0 Å². The Labute approximate surface area is 387 Å². The van der Waals surface area contributed by atoms with Crippen molar-refractivity contribution in [3.8, 4) is 21.8 Å². The number of thiol groups is 2. The van der Waals surface area contributed by atoms with Gasteiger partial charge in [0.05, 0.1) is 18.1 Å². The monoisotopic (exact) mass is 1030 g/mol. The van der Waals surface area contributed by atoms with E-state index < -0.39 is 0 Å². The zero-order chi connectivity index (χ0) is 42.0. The number of hydrogen-bond acceptors (Lipinski definition) is 9. The van der Waals surface area contributed by atoms with Gasteiger partial charge in [0.1, 0.15) is 0 Å². The minimum atomic E-state index is 0. The number of fused-ring (bicyclic) bond motifs is 6. The molecule has 0 aliphatic rings. The van der Waals surface area contributed by atoms with Crippen LogP contribution in [0.4, 0.5) is 0 Å². The molecular weight excluding hydrogens is 997 g/mol. The van der Waals surface area contributed by atoms with Gasteiger partial charge in [-0.3, -0.25) is 13.2 Å². The van der Waals surface area contributed by atoms with E-state index in [9.17, 15) is 0 Å². The van der Waals surface area contributed by atoms with E-state index >= 15 is 0 Å². The third-order valence-corrected chi connectivity index (χ3v) is 11.8. The van der Waals surface area contributed by atoms with Gasteiger partial charge >= 0.3 is 20.1 Å². The summed E-state index contributed by atoms with van der Waals surface area (Å²) < 4.78 is 0. The van der Waals surface area contributed by atoms with Gasteiger partial charge in [-0.05, 0) is 103 Å². The van der Waals surface area contributed by atoms with E-state index in [0.29, 0.717) is 21.2 Å². The molecule has 0 fully saturated rings. The zero-order valence-electron chi connectivity index (χ0n) is 33.4. The first-order chi connectivity index (χ1) is 29.7. The van der Waals surface area contributed by atoms with Gasteiger partial charge in [-0.25, -0.2) is 26.6 Å². The largest absolute Gasteiger partial charge is 3.00 e. The van der Waals surface area contributed by atoms with Gasteiger partial charge in [-0.1, -0.05) is 125 Å². The van der Waals surface area contributed by atoms with Gasteiger partial charge in [0, 0.05) is 16.6 Å². The average molecular weight is 1030 g/mol. The Hall–Kier alpha value is -6.13. The third-order valence-electron chi connectivity index (χ3n) is 10.6. The van der Waals surface area contributed by atoms with Gasteiger partial charge < -0.3 is 0 Å². The van der Waals surface area contributed by atoms with Crippen molar-refractivity contribution in [3.63, 3.8) is 0 Å². The summed E-state index contributed by atoms with van der Waals surface area (Å²) in [7, 11) is 0.